The molecule has 1 N–H and O–H groups in total. The van der Waals surface area contributed by atoms with Crippen LogP contribution in [0.25, 0.3) is 0 Å². The fraction of sp³-hybridized carbons (Fsp3) is 0.222. The predicted molar refractivity (Wildman–Crippen MR) is 46.3 cm³/mol. The fourth-order valence-electron chi connectivity index (χ4n) is 0.581. The van der Waals surface area contributed by atoms with Gasteiger partial charge in [-0.15, -0.1) is 0 Å². The monoisotopic (exact) mass is 168 g/mol. The van der Waals surface area contributed by atoms with E-state index in [0.29, 0.717) is 5.56 Å². The molecule has 1 rings (SSSR count). The third-order valence-corrected chi connectivity index (χ3v) is 1.02. The van der Waals surface area contributed by atoms with Crippen LogP contribution in [0.5, 0.6) is 0 Å². The average molecular weight is 168 g/mol. The molecule has 0 aliphatic rings. The van der Waals surface area contributed by atoms with Crippen LogP contribution in [-0.4, -0.2) is 25.3 Å². The maximum atomic E-state index is 10.2. The molecule has 3 nitrogen and oxygen atoms in total. The first-order valence-electron chi connectivity index (χ1n) is 3.40. The number of aromatic carboxylic acids is 1. The van der Waals surface area contributed by atoms with Gasteiger partial charge in [0.2, 0.25) is 0 Å². The molecular formula is C9H12O3. The lowest BCUT2D eigenvalue weighted by atomic mass is 10.2. The Labute approximate surface area is 71.6 Å². The molecule has 0 heterocycles. The lowest BCUT2D eigenvalue weighted by molar-refractivity contribution is 0.0697. The summed E-state index contributed by atoms with van der Waals surface area (Å²) >= 11 is 0. The van der Waals surface area contributed by atoms with E-state index in [4.69, 9.17) is 5.11 Å². The lowest BCUT2D eigenvalue weighted by Gasteiger charge is -1.88. The Hall–Kier alpha value is -1.35. The van der Waals surface area contributed by atoms with Crippen molar-refractivity contribution < 1.29 is 14.6 Å². The molecule has 0 aromatic heterocycles. The van der Waals surface area contributed by atoms with E-state index in [2.05, 4.69) is 4.74 Å². The van der Waals surface area contributed by atoms with Gasteiger partial charge in [-0.25, -0.2) is 4.79 Å². The van der Waals surface area contributed by atoms with Gasteiger partial charge < -0.3 is 9.84 Å². The third-order valence-electron chi connectivity index (χ3n) is 1.02. The van der Waals surface area contributed by atoms with Crippen molar-refractivity contribution in [3.63, 3.8) is 0 Å². The van der Waals surface area contributed by atoms with E-state index in [-0.39, 0.29) is 0 Å². The van der Waals surface area contributed by atoms with Crippen LogP contribution < -0.4 is 0 Å². The number of rotatable bonds is 1. The van der Waals surface area contributed by atoms with Gasteiger partial charge in [0, 0.05) is 14.2 Å². The van der Waals surface area contributed by atoms with Crippen molar-refractivity contribution in [1.82, 2.24) is 0 Å². The molecule has 0 aliphatic carbocycles. The highest BCUT2D eigenvalue weighted by Gasteiger charge is 1.96. The second-order valence-electron chi connectivity index (χ2n) is 2.08. The average Bonchev–Trinajstić information content (AvgIpc) is 2.07. The molecule has 0 amide bonds. The normalized spacial score (nSPS) is 8.17. The van der Waals surface area contributed by atoms with Gasteiger partial charge in [0.25, 0.3) is 0 Å². The van der Waals surface area contributed by atoms with E-state index in [1.165, 1.54) is 0 Å². The zero-order valence-electron chi connectivity index (χ0n) is 7.15. The van der Waals surface area contributed by atoms with Crippen molar-refractivity contribution in [2.75, 3.05) is 14.2 Å². The Morgan fingerprint density at radius 2 is 1.67 bits per heavy atom. The van der Waals surface area contributed by atoms with Crippen LogP contribution in [-0.2, 0) is 4.74 Å². The summed E-state index contributed by atoms with van der Waals surface area (Å²) in [7, 11) is 3.25. The van der Waals surface area contributed by atoms with Crippen molar-refractivity contribution in [2.45, 2.75) is 0 Å². The standard InChI is InChI=1S/C7H6O2.C2H6O/c8-7(9)6-4-2-1-3-5-6;1-3-2/h1-5H,(H,8,9);1-2H3. The molecule has 0 unspecified atom stereocenters. The van der Waals surface area contributed by atoms with E-state index in [0.717, 1.165) is 0 Å². The number of hydrogen-bond acceptors (Lipinski definition) is 2. The van der Waals surface area contributed by atoms with E-state index < -0.39 is 5.97 Å². The maximum Gasteiger partial charge on any atom is 0.335 e. The number of methoxy groups -OCH3 is 1. The second-order valence-corrected chi connectivity index (χ2v) is 2.08. The Morgan fingerprint density at radius 3 is 1.92 bits per heavy atom. The van der Waals surface area contributed by atoms with Gasteiger partial charge in [0.05, 0.1) is 5.56 Å². The van der Waals surface area contributed by atoms with Crippen molar-refractivity contribution in [3.8, 4) is 0 Å². The Balaban J connectivity index is 0.000000354. The second kappa shape index (κ2) is 6.37. The molecule has 0 atom stereocenters. The Kier molecular flexibility index (Phi) is 5.65. The molecular weight excluding hydrogens is 156 g/mol. The smallest absolute Gasteiger partial charge is 0.335 e. The minimum Gasteiger partial charge on any atom is -0.478 e. The lowest BCUT2D eigenvalue weighted by Crippen LogP contribution is -1.93. The highest BCUT2D eigenvalue weighted by Crippen LogP contribution is 1.96. The van der Waals surface area contributed by atoms with Crippen molar-refractivity contribution in [3.05, 3.63) is 35.9 Å². The molecule has 0 bridgehead atoms. The minimum absolute atomic E-state index is 0.331. The number of benzene rings is 1. The summed E-state index contributed by atoms with van der Waals surface area (Å²) in [5, 5.41) is 8.38. The number of ether oxygens (including phenoxy) is 1. The molecule has 1 aromatic carbocycles. The van der Waals surface area contributed by atoms with Crippen LogP contribution in [0.4, 0.5) is 0 Å². The molecule has 0 fully saturated rings. The topological polar surface area (TPSA) is 46.5 Å². The van der Waals surface area contributed by atoms with Crippen molar-refractivity contribution in [2.24, 2.45) is 0 Å². The van der Waals surface area contributed by atoms with Gasteiger partial charge in [0.1, 0.15) is 0 Å². The van der Waals surface area contributed by atoms with Crippen molar-refractivity contribution in [1.29, 1.82) is 0 Å². The highest BCUT2D eigenvalue weighted by atomic mass is 16.4. The molecule has 0 saturated heterocycles. The minimum atomic E-state index is -0.879. The summed E-state index contributed by atoms with van der Waals surface area (Å²) in [4.78, 5) is 10.2. The van der Waals surface area contributed by atoms with Crippen LogP contribution in [0.1, 0.15) is 10.4 Å². The van der Waals surface area contributed by atoms with E-state index in [9.17, 15) is 4.79 Å². The Morgan fingerprint density at radius 1 is 1.25 bits per heavy atom. The first kappa shape index (κ1) is 10.7. The molecule has 0 radical (unpaired) electrons. The van der Waals surface area contributed by atoms with Gasteiger partial charge in [-0.2, -0.15) is 0 Å². The zero-order chi connectivity index (χ0) is 9.40. The molecule has 1 aromatic rings. The van der Waals surface area contributed by atoms with Crippen LogP contribution in [0.15, 0.2) is 30.3 Å². The van der Waals surface area contributed by atoms with E-state index in [1.807, 2.05) is 0 Å². The van der Waals surface area contributed by atoms with Crippen LogP contribution in [0.2, 0.25) is 0 Å². The number of hydrogen-bond donors (Lipinski definition) is 1. The summed E-state index contributed by atoms with van der Waals surface area (Å²) in [5.41, 5.74) is 0.331. The SMILES string of the molecule is COC.O=C(O)c1ccccc1. The van der Waals surface area contributed by atoms with Crippen LogP contribution in [0.3, 0.4) is 0 Å². The molecule has 0 spiro atoms. The summed E-state index contributed by atoms with van der Waals surface area (Å²) in [5.74, 6) is -0.879. The quantitative estimate of drug-likeness (QED) is 0.693. The molecule has 0 aliphatic heterocycles. The zero-order valence-corrected chi connectivity index (χ0v) is 7.15. The summed E-state index contributed by atoms with van der Waals surface area (Å²) in [6, 6.07) is 8.30. The number of carbonyl (C=O) groups is 1. The Bertz CT molecular complexity index is 218. The molecule has 66 valence electrons. The summed E-state index contributed by atoms with van der Waals surface area (Å²) in [6.07, 6.45) is 0. The molecule has 0 saturated carbocycles. The van der Waals surface area contributed by atoms with Gasteiger partial charge in [-0.05, 0) is 12.1 Å². The molecule has 12 heavy (non-hydrogen) atoms. The highest BCUT2D eigenvalue weighted by molar-refractivity contribution is 5.87. The fourth-order valence-corrected chi connectivity index (χ4v) is 0.581. The number of carboxylic acids is 1. The van der Waals surface area contributed by atoms with Gasteiger partial charge >= 0.3 is 5.97 Å². The van der Waals surface area contributed by atoms with Gasteiger partial charge in [0.15, 0.2) is 0 Å². The summed E-state index contributed by atoms with van der Waals surface area (Å²) < 4.78 is 4.25. The van der Waals surface area contributed by atoms with E-state index >= 15 is 0 Å². The summed E-state index contributed by atoms with van der Waals surface area (Å²) in [6.45, 7) is 0. The van der Waals surface area contributed by atoms with E-state index in [1.54, 1.807) is 44.6 Å². The first-order chi connectivity index (χ1) is 5.72. The third kappa shape index (κ3) is 4.46. The largest absolute Gasteiger partial charge is 0.478 e. The van der Waals surface area contributed by atoms with Crippen LogP contribution >= 0.6 is 0 Å². The van der Waals surface area contributed by atoms with Crippen LogP contribution in [0, 0.1) is 0 Å². The molecule has 3 heteroatoms. The van der Waals surface area contributed by atoms with Gasteiger partial charge in [-0.1, -0.05) is 18.2 Å². The first-order valence-corrected chi connectivity index (χ1v) is 3.40. The van der Waals surface area contributed by atoms with Crippen molar-refractivity contribution >= 4 is 5.97 Å². The predicted octanol–water partition coefficient (Wildman–Crippen LogP) is 1.65. The number of carboxylic acid groups (broad SMARTS) is 1. The van der Waals surface area contributed by atoms with Gasteiger partial charge in [-0.3, -0.25) is 0 Å². The maximum absolute atomic E-state index is 10.2.